The van der Waals surface area contributed by atoms with Gasteiger partial charge in [-0.25, -0.2) is 0 Å². The van der Waals surface area contributed by atoms with Gasteiger partial charge in [-0.15, -0.1) is 0 Å². The normalized spacial score (nSPS) is 33.5. The van der Waals surface area contributed by atoms with Crippen molar-refractivity contribution in [3.05, 3.63) is 0 Å². The van der Waals surface area contributed by atoms with E-state index in [1.807, 2.05) is 0 Å². The second-order valence-electron chi connectivity index (χ2n) is 6.77. The molecular weight excluding hydrogens is 252 g/mol. The third kappa shape index (κ3) is 5.08. The first-order valence-corrected chi connectivity index (χ1v) is 8.46. The van der Waals surface area contributed by atoms with Crippen LogP contribution in [-0.4, -0.2) is 25.8 Å². The molecule has 0 aliphatic heterocycles. The number of carbonyl (C=O) groups excluding carboxylic acids is 1. The second kappa shape index (κ2) is 8.66. The Bertz CT molecular complexity index is 279. The van der Waals surface area contributed by atoms with Gasteiger partial charge in [0.25, 0.3) is 6.47 Å². The van der Waals surface area contributed by atoms with Crippen molar-refractivity contribution in [1.29, 1.82) is 0 Å². The van der Waals surface area contributed by atoms with E-state index in [2.05, 4.69) is 11.7 Å². The Morgan fingerprint density at radius 3 is 2.55 bits per heavy atom. The summed E-state index contributed by atoms with van der Waals surface area (Å²) >= 11 is 0. The van der Waals surface area contributed by atoms with E-state index in [-0.39, 0.29) is 0 Å². The lowest BCUT2D eigenvalue weighted by molar-refractivity contribution is -0.128. The van der Waals surface area contributed by atoms with Crippen LogP contribution < -0.4 is 0 Å². The first kappa shape index (κ1) is 15.8. The predicted molar refractivity (Wildman–Crippen MR) is 79.5 cm³/mol. The Kier molecular flexibility index (Phi) is 6.85. The third-order valence-corrected chi connectivity index (χ3v) is 5.16. The van der Waals surface area contributed by atoms with Crippen LogP contribution in [0.4, 0.5) is 0 Å². The van der Waals surface area contributed by atoms with Gasteiger partial charge in [0.2, 0.25) is 0 Å². The van der Waals surface area contributed by atoms with E-state index < -0.39 is 0 Å². The van der Waals surface area contributed by atoms with Crippen LogP contribution in [0, 0.1) is 17.8 Å². The lowest BCUT2D eigenvalue weighted by Crippen LogP contribution is -2.33. The molecule has 0 bridgehead atoms. The fourth-order valence-electron chi connectivity index (χ4n) is 3.99. The highest BCUT2D eigenvalue weighted by atomic mass is 16.5. The Labute approximate surface area is 123 Å². The largest absolute Gasteiger partial charge is 0.468 e. The summed E-state index contributed by atoms with van der Waals surface area (Å²) < 4.78 is 10.7. The van der Waals surface area contributed by atoms with Crippen LogP contribution in [0.1, 0.15) is 64.7 Å². The van der Waals surface area contributed by atoms with E-state index in [9.17, 15) is 4.79 Å². The Morgan fingerprint density at radius 2 is 1.70 bits per heavy atom. The van der Waals surface area contributed by atoms with Gasteiger partial charge in [0.1, 0.15) is 0 Å². The summed E-state index contributed by atoms with van der Waals surface area (Å²) in [5.41, 5.74) is 0. The van der Waals surface area contributed by atoms with Crippen molar-refractivity contribution in [2.24, 2.45) is 17.8 Å². The van der Waals surface area contributed by atoms with Gasteiger partial charge < -0.3 is 9.47 Å². The summed E-state index contributed by atoms with van der Waals surface area (Å²) in [6.45, 7) is 4.36. The lowest BCUT2D eigenvalue weighted by Gasteiger charge is -2.41. The Balaban J connectivity index is 1.53. The van der Waals surface area contributed by atoms with Crippen molar-refractivity contribution in [3.8, 4) is 0 Å². The maximum atomic E-state index is 9.99. The highest BCUT2D eigenvalue weighted by Gasteiger charge is 2.34. The van der Waals surface area contributed by atoms with Gasteiger partial charge in [-0.2, -0.15) is 0 Å². The molecule has 4 unspecified atom stereocenters. The van der Waals surface area contributed by atoms with Crippen molar-refractivity contribution in [2.45, 2.75) is 70.8 Å². The summed E-state index contributed by atoms with van der Waals surface area (Å²) in [5, 5.41) is 0. The quantitative estimate of drug-likeness (QED) is 0.499. The summed E-state index contributed by atoms with van der Waals surface area (Å²) in [5.74, 6) is 2.87. The molecule has 20 heavy (non-hydrogen) atoms. The number of unbranched alkanes of at least 4 members (excludes halogenated alkanes) is 2. The van der Waals surface area contributed by atoms with Gasteiger partial charge in [-0.3, -0.25) is 4.79 Å². The number of hydrogen-bond donors (Lipinski definition) is 0. The Hall–Kier alpha value is -0.570. The average Bonchev–Trinajstić information content (AvgIpc) is 2.46. The van der Waals surface area contributed by atoms with Crippen molar-refractivity contribution in [2.75, 3.05) is 13.2 Å². The molecule has 0 amide bonds. The monoisotopic (exact) mass is 282 g/mol. The van der Waals surface area contributed by atoms with Crippen LogP contribution in [-0.2, 0) is 14.3 Å². The molecule has 0 N–H and O–H groups in total. The molecule has 2 aliphatic rings. The van der Waals surface area contributed by atoms with Crippen LogP contribution in [0.5, 0.6) is 0 Å². The zero-order valence-electron chi connectivity index (χ0n) is 12.9. The molecule has 2 fully saturated rings. The zero-order chi connectivity index (χ0) is 14.2. The van der Waals surface area contributed by atoms with Gasteiger partial charge >= 0.3 is 0 Å². The van der Waals surface area contributed by atoms with Crippen molar-refractivity contribution >= 4 is 6.47 Å². The summed E-state index contributed by atoms with van der Waals surface area (Å²) in [6.07, 6.45) is 11.9. The van der Waals surface area contributed by atoms with Crippen LogP contribution in [0.3, 0.4) is 0 Å². The van der Waals surface area contributed by atoms with Crippen LogP contribution in [0.25, 0.3) is 0 Å². The van der Waals surface area contributed by atoms with Gasteiger partial charge in [0, 0.05) is 6.61 Å². The first-order chi connectivity index (χ1) is 9.79. The number of hydrogen-bond acceptors (Lipinski definition) is 3. The minimum absolute atomic E-state index is 0.510. The van der Waals surface area contributed by atoms with Gasteiger partial charge in [-0.05, 0) is 69.1 Å². The molecule has 0 aromatic carbocycles. The minimum atomic E-state index is 0.510. The van der Waals surface area contributed by atoms with Crippen molar-refractivity contribution < 1.29 is 14.3 Å². The topological polar surface area (TPSA) is 35.5 Å². The van der Waals surface area contributed by atoms with E-state index in [0.29, 0.717) is 19.2 Å². The summed E-state index contributed by atoms with van der Waals surface area (Å²) in [7, 11) is 0. The molecule has 0 radical (unpaired) electrons. The average molecular weight is 282 g/mol. The second-order valence-corrected chi connectivity index (χ2v) is 6.77. The molecule has 0 spiro atoms. The number of ether oxygens (including phenoxy) is 2. The molecule has 4 atom stereocenters. The highest BCUT2D eigenvalue weighted by Crippen LogP contribution is 2.43. The maximum Gasteiger partial charge on any atom is 0.293 e. The smallest absolute Gasteiger partial charge is 0.293 e. The molecule has 116 valence electrons. The molecule has 2 aliphatic carbocycles. The molecule has 2 saturated carbocycles. The first-order valence-electron chi connectivity index (χ1n) is 8.46. The van der Waals surface area contributed by atoms with Gasteiger partial charge in [-0.1, -0.05) is 13.3 Å². The third-order valence-electron chi connectivity index (χ3n) is 5.16. The van der Waals surface area contributed by atoms with Crippen molar-refractivity contribution in [3.63, 3.8) is 0 Å². The van der Waals surface area contributed by atoms with Gasteiger partial charge in [0.05, 0.1) is 12.7 Å². The Morgan fingerprint density at radius 1 is 0.950 bits per heavy atom. The standard InChI is InChI=1S/C17H30O3/c1-14-5-6-16-12-17(8-7-15(16)11-14)20-10-4-2-3-9-19-13-18/h13-17H,2-12H2,1H3. The molecule has 3 nitrogen and oxygen atoms in total. The van der Waals surface area contributed by atoms with Crippen molar-refractivity contribution in [1.82, 2.24) is 0 Å². The summed E-state index contributed by atoms with van der Waals surface area (Å²) in [4.78, 5) is 9.99. The molecule has 3 heteroatoms. The zero-order valence-corrected chi connectivity index (χ0v) is 12.9. The molecule has 0 saturated heterocycles. The number of carbonyl (C=O) groups is 1. The van der Waals surface area contributed by atoms with Gasteiger partial charge in [0.15, 0.2) is 0 Å². The maximum absolute atomic E-state index is 9.99. The fraction of sp³-hybridized carbons (Fsp3) is 0.941. The van der Waals surface area contributed by atoms with E-state index in [1.54, 1.807) is 0 Å². The number of rotatable bonds is 8. The molecule has 0 aromatic rings. The summed E-state index contributed by atoms with van der Waals surface area (Å²) in [6, 6.07) is 0. The molecule has 2 rings (SSSR count). The van der Waals surface area contributed by atoms with E-state index >= 15 is 0 Å². The number of fused-ring (bicyclic) bond motifs is 1. The van der Waals surface area contributed by atoms with E-state index in [0.717, 1.165) is 43.6 Å². The SMILES string of the molecule is CC1CCC2CC(OCCCCCOC=O)CCC2C1. The van der Waals surface area contributed by atoms with E-state index in [1.165, 1.54) is 38.5 Å². The molecule has 0 aromatic heterocycles. The fourth-order valence-corrected chi connectivity index (χ4v) is 3.99. The van der Waals surface area contributed by atoms with Crippen LogP contribution in [0.2, 0.25) is 0 Å². The highest BCUT2D eigenvalue weighted by molar-refractivity contribution is 5.36. The van der Waals surface area contributed by atoms with Crippen LogP contribution >= 0.6 is 0 Å². The lowest BCUT2D eigenvalue weighted by atomic mass is 9.67. The van der Waals surface area contributed by atoms with E-state index in [4.69, 9.17) is 4.74 Å². The molecular formula is C17H30O3. The van der Waals surface area contributed by atoms with Crippen LogP contribution in [0.15, 0.2) is 0 Å². The predicted octanol–water partition coefficient (Wildman–Crippen LogP) is 3.95. The minimum Gasteiger partial charge on any atom is -0.468 e. The molecule has 0 heterocycles.